The van der Waals surface area contributed by atoms with Crippen LogP contribution >= 0.6 is 0 Å². The van der Waals surface area contributed by atoms with Crippen molar-refractivity contribution in [3.05, 3.63) is 35.9 Å². The molecule has 2 rings (SSSR count). The summed E-state index contributed by atoms with van der Waals surface area (Å²) >= 11 is 0. The highest BCUT2D eigenvalue weighted by Crippen LogP contribution is 2.19. The minimum absolute atomic E-state index is 0.00619. The van der Waals surface area contributed by atoms with Crippen molar-refractivity contribution in [1.82, 2.24) is 4.90 Å². The predicted molar refractivity (Wildman–Crippen MR) is 91.2 cm³/mol. The van der Waals surface area contributed by atoms with Crippen LogP contribution in [0.15, 0.2) is 30.3 Å². The lowest BCUT2D eigenvalue weighted by Gasteiger charge is -2.26. The molecule has 1 amide bonds. The van der Waals surface area contributed by atoms with Gasteiger partial charge in [0.2, 0.25) is 5.91 Å². The van der Waals surface area contributed by atoms with Gasteiger partial charge in [0.25, 0.3) is 0 Å². The van der Waals surface area contributed by atoms with E-state index in [1.807, 2.05) is 6.92 Å². The number of hydrogen-bond donors (Lipinski definition) is 0. The molecule has 1 fully saturated rings. The van der Waals surface area contributed by atoms with Crippen LogP contribution in [0.25, 0.3) is 6.08 Å². The Bertz CT molecular complexity index is 717. The van der Waals surface area contributed by atoms with Crippen LogP contribution in [-0.2, 0) is 14.6 Å². The van der Waals surface area contributed by atoms with Crippen LogP contribution in [0.4, 0.5) is 8.78 Å². The van der Waals surface area contributed by atoms with Gasteiger partial charge < -0.3 is 9.64 Å². The molecule has 1 saturated heterocycles. The van der Waals surface area contributed by atoms with Crippen LogP contribution in [0, 0.1) is 0 Å². The molecule has 138 valence electrons. The van der Waals surface area contributed by atoms with Crippen LogP contribution in [0.5, 0.6) is 5.75 Å². The Morgan fingerprint density at radius 2 is 2.04 bits per heavy atom. The van der Waals surface area contributed by atoms with E-state index in [4.69, 9.17) is 0 Å². The molecule has 1 aromatic rings. The number of nitrogens with zero attached hydrogens (tertiary/aromatic N) is 1. The summed E-state index contributed by atoms with van der Waals surface area (Å²) in [5.74, 6) is -0.0914. The van der Waals surface area contributed by atoms with E-state index in [1.54, 1.807) is 23.1 Å². The van der Waals surface area contributed by atoms with Gasteiger partial charge in [0, 0.05) is 18.7 Å². The Labute approximate surface area is 146 Å². The second kappa shape index (κ2) is 8.42. The van der Waals surface area contributed by atoms with Crippen molar-refractivity contribution in [3.63, 3.8) is 0 Å². The van der Waals surface area contributed by atoms with Crippen molar-refractivity contribution in [3.8, 4) is 5.75 Å². The molecule has 1 atom stereocenters. The smallest absolute Gasteiger partial charge is 0.387 e. The quantitative estimate of drug-likeness (QED) is 0.690. The zero-order valence-electron chi connectivity index (χ0n) is 13.9. The number of carbonyl (C=O) groups excluding carboxylic acids is 1. The van der Waals surface area contributed by atoms with Gasteiger partial charge in [-0.25, -0.2) is 8.42 Å². The third kappa shape index (κ3) is 5.81. The molecule has 0 bridgehead atoms. The molecule has 1 aliphatic heterocycles. The van der Waals surface area contributed by atoms with E-state index in [0.29, 0.717) is 18.5 Å². The van der Waals surface area contributed by atoms with Crippen molar-refractivity contribution in [2.45, 2.75) is 32.4 Å². The first-order chi connectivity index (χ1) is 11.8. The lowest BCUT2D eigenvalue weighted by Crippen LogP contribution is -2.40. The second-order valence-corrected chi connectivity index (χ2v) is 8.10. The summed E-state index contributed by atoms with van der Waals surface area (Å²) in [6.07, 6.45) is 4.14. The van der Waals surface area contributed by atoms with Crippen molar-refractivity contribution in [2.24, 2.45) is 0 Å². The average Bonchev–Trinajstić information content (AvgIpc) is 2.91. The van der Waals surface area contributed by atoms with E-state index >= 15 is 0 Å². The predicted octanol–water partition coefficient (Wildman–Crippen LogP) is 2.73. The van der Waals surface area contributed by atoms with Gasteiger partial charge in [-0.15, -0.1) is 0 Å². The van der Waals surface area contributed by atoms with Crippen molar-refractivity contribution >= 4 is 21.8 Å². The third-order valence-electron chi connectivity index (χ3n) is 3.92. The van der Waals surface area contributed by atoms with E-state index in [2.05, 4.69) is 4.74 Å². The number of carbonyl (C=O) groups is 1. The standard InChI is InChI=1S/C17H21F2NO4S/c1-2-10-20(14-9-11-25(22,23)12-14)16(21)8-5-13-3-6-15(7-4-13)24-17(18)19/h3-8,14,17H,2,9-12H2,1H3. The Kier molecular flexibility index (Phi) is 6.52. The molecule has 1 heterocycles. The fourth-order valence-corrected chi connectivity index (χ4v) is 4.49. The maximum absolute atomic E-state index is 12.4. The molecule has 1 aliphatic rings. The van der Waals surface area contributed by atoms with E-state index in [9.17, 15) is 22.0 Å². The van der Waals surface area contributed by atoms with Gasteiger partial charge in [-0.1, -0.05) is 19.1 Å². The van der Waals surface area contributed by atoms with E-state index in [-0.39, 0.29) is 29.2 Å². The molecule has 0 aromatic heterocycles. The third-order valence-corrected chi connectivity index (χ3v) is 5.67. The number of rotatable bonds is 7. The highest BCUT2D eigenvalue weighted by atomic mass is 32.2. The van der Waals surface area contributed by atoms with E-state index in [1.165, 1.54) is 18.2 Å². The fourth-order valence-electron chi connectivity index (χ4n) is 2.76. The summed E-state index contributed by atoms with van der Waals surface area (Å²) in [6.45, 7) is -0.465. The molecule has 8 heteroatoms. The molecule has 25 heavy (non-hydrogen) atoms. The first kappa shape index (κ1) is 19.4. The normalized spacial score (nSPS) is 19.4. The van der Waals surface area contributed by atoms with Gasteiger partial charge in [0.05, 0.1) is 11.5 Å². The second-order valence-electron chi connectivity index (χ2n) is 5.87. The molecule has 0 N–H and O–H groups in total. The molecule has 0 aliphatic carbocycles. The van der Waals surface area contributed by atoms with Gasteiger partial charge in [0.15, 0.2) is 9.84 Å². The van der Waals surface area contributed by atoms with Gasteiger partial charge in [-0.2, -0.15) is 8.78 Å². The lowest BCUT2D eigenvalue weighted by atomic mass is 10.1. The van der Waals surface area contributed by atoms with Gasteiger partial charge in [-0.05, 0) is 36.6 Å². The first-order valence-corrected chi connectivity index (χ1v) is 9.87. The maximum atomic E-state index is 12.4. The van der Waals surface area contributed by atoms with Gasteiger partial charge >= 0.3 is 6.61 Å². The minimum atomic E-state index is -3.07. The SMILES string of the molecule is CCCN(C(=O)C=Cc1ccc(OC(F)F)cc1)C1CCS(=O)(=O)C1. The van der Waals surface area contributed by atoms with Crippen molar-refractivity contribution in [2.75, 3.05) is 18.1 Å². The minimum Gasteiger partial charge on any atom is -0.435 e. The highest BCUT2D eigenvalue weighted by Gasteiger charge is 2.33. The van der Waals surface area contributed by atoms with Crippen molar-refractivity contribution < 1.29 is 26.7 Å². The monoisotopic (exact) mass is 373 g/mol. The van der Waals surface area contributed by atoms with Crippen LogP contribution in [-0.4, -0.2) is 49.9 Å². The summed E-state index contributed by atoms with van der Waals surface area (Å²) in [4.78, 5) is 14.0. The summed E-state index contributed by atoms with van der Waals surface area (Å²) in [6, 6.07) is 5.62. The number of benzene rings is 1. The number of alkyl halides is 2. The first-order valence-electron chi connectivity index (χ1n) is 8.04. The number of hydrogen-bond acceptors (Lipinski definition) is 4. The molecular formula is C17H21F2NO4S. The maximum Gasteiger partial charge on any atom is 0.387 e. The summed E-state index contributed by atoms with van der Waals surface area (Å²) in [5.41, 5.74) is 0.658. The van der Waals surface area contributed by atoms with Crippen LogP contribution < -0.4 is 4.74 Å². The summed E-state index contributed by atoms with van der Waals surface area (Å²) in [5, 5.41) is 0. The lowest BCUT2D eigenvalue weighted by molar-refractivity contribution is -0.127. The van der Waals surface area contributed by atoms with Gasteiger partial charge in [-0.3, -0.25) is 4.79 Å². The highest BCUT2D eigenvalue weighted by molar-refractivity contribution is 7.91. The van der Waals surface area contributed by atoms with Gasteiger partial charge in [0.1, 0.15) is 5.75 Å². The topological polar surface area (TPSA) is 63.7 Å². The molecule has 5 nitrogen and oxygen atoms in total. The van der Waals surface area contributed by atoms with E-state index in [0.717, 1.165) is 6.42 Å². The van der Waals surface area contributed by atoms with E-state index < -0.39 is 16.4 Å². The Morgan fingerprint density at radius 1 is 1.36 bits per heavy atom. The molecular weight excluding hydrogens is 352 g/mol. The van der Waals surface area contributed by atoms with Crippen LogP contribution in [0.3, 0.4) is 0 Å². The molecule has 0 radical (unpaired) electrons. The summed E-state index contributed by atoms with van der Waals surface area (Å²) in [7, 11) is -3.07. The zero-order chi connectivity index (χ0) is 18.4. The zero-order valence-corrected chi connectivity index (χ0v) is 14.7. The molecule has 1 aromatic carbocycles. The largest absolute Gasteiger partial charge is 0.435 e. The number of ether oxygens (including phenoxy) is 1. The summed E-state index contributed by atoms with van der Waals surface area (Å²) < 4.78 is 51.8. The fraction of sp³-hybridized carbons (Fsp3) is 0.471. The number of sulfone groups is 1. The molecule has 0 spiro atoms. The van der Waals surface area contributed by atoms with Crippen LogP contribution in [0.1, 0.15) is 25.3 Å². The Morgan fingerprint density at radius 3 is 2.56 bits per heavy atom. The Hall–Kier alpha value is -1.96. The van der Waals surface area contributed by atoms with Crippen molar-refractivity contribution in [1.29, 1.82) is 0 Å². The number of halogens is 2. The average molecular weight is 373 g/mol. The Balaban J connectivity index is 2.03. The van der Waals surface area contributed by atoms with Crippen LogP contribution in [0.2, 0.25) is 0 Å². The molecule has 1 unspecified atom stereocenters. The number of amides is 1. The molecule has 0 saturated carbocycles.